The monoisotopic (exact) mass is 452 g/mol. The second kappa shape index (κ2) is 25.9. The molecule has 0 aliphatic rings. The fourth-order valence-corrected chi connectivity index (χ4v) is 3.62. The van der Waals surface area contributed by atoms with Crippen LogP contribution in [0.5, 0.6) is 0 Å². The maximum atomic E-state index is 11.8. The van der Waals surface area contributed by atoms with Gasteiger partial charge in [-0.05, 0) is 32.1 Å². The molecule has 0 aromatic carbocycles. The highest BCUT2D eigenvalue weighted by Gasteiger charge is 2.03. The third-order valence-corrected chi connectivity index (χ3v) is 5.75. The van der Waals surface area contributed by atoms with Crippen LogP contribution in [0, 0.1) is 0 Å². The first-order valence-corrected chi connectivity index (χ1v) is 13.7. The minimum Gasteiger partial charge on any atom is -0.466 e. The van der Waals surface area contributed by atoms with E-state index >= 15 is 0 Å². The summed E-state index contributed by atoms with van der Waals surface area (Å²) >= 11 is 0. The van der Waals surface area contributed by atoms with Crippen molar-refractivity contribution in [3.8, 4) is 0 Å². The van der Waals surface area contributed by atoms with Gasteiger partial charge in [-0.15, -0.1) is 0 Å². The van der Waals surface area contributed by atoms with Crippen molar-refractivity contribution in [1.82, 2.24) is 0 Å². The molecule has 32 heavy (non-hydrogen) atoms. The molecule has 0 unspecified atom stereocenters. The SMILES string of the molecule is CCCCCCCCCCC/C=C/COC(=O)CCCCCCCCC(=O)OCCCC. The van der Waals surface area contributed by atoms with E-state index in [2.05, 4.69) is 19.9 Å². The summed E-state index contributed by atoms with van der Waals surface area (Å²) in [7, 11) is 0. The number of ether oxygens (including phenoxy) is 2. The van der Waals surface area contributed by atoms with Crippen molar-refractivity contribution >= 4 is 11.9 Å². The van der Waals surface area contributed by atoms with Gasteiger partial charge in [0, 0.05) is 12.8 Å². The summed E-state index contributed by atoms with van der Waals surface area (Å²) in [6.07, 6.45) is 26.5. The first kappa shape index (κ1) is 30.7. The maximum Gasteiger partial charge on any atom is 0.306 e. The van der Waals surface area contributed by atoms with E-state index in [1.165, 1.54) is 57.8 Å². The second-order valence-electron chi connectivity index (χ2n) is 8.97. The van der Waals surface area contributed by atoms with E-state index < -0.39 is 0 Å². The molecule has 0 amide bonds. The Balaban J connectivity index is 3.30. The summed E-state index contributed by atoms with van der Waals surface area (Å²) in [5, 5.41) is 0. The topological polar surface area (TPSA) is 52.6 Å². The Morgan fingerprint density at radius 2 is 1.00 bits per heavy atom. The van der Waals surface area contributed by atoms with Crippen LogP contribution in [0.2, 0.25) is 0 Å². The molecule has 0 fully saturated rings. The molecule has 188 valence electrons. The van der Waals surface area contributed by atoms with Crippen LogP contribution in [0.1, 0.15) is 142 Å². The third kappa shape index (κ3) is 24.9. The molecule has 4 heteroatoms. The van der Waals surface area contributed by atoms with E-state index in [0.29, 0.717) is 26.1 Å². The molecule has 0 heterocycles. The lowest BCUT2D eigenvalue weighted by molar-refractivity contribution is -0.144. The summed E-state index contributed by atoms with van der Waals surface area (Å²) in [4.78, 5) is 23.2. The Kier molecular flexibility index (Phi) is 24.9. The molecule has 0 spiro atoms. The maximum absolute atomic E-state index is 11.8. The normalized spacial score (nSPS) is 11.2. The smallest absolute Gasteiger partial charge is 0.306 e. The minimum atomic E-state index is -0.0902. The molecule has 4 nitrogen and oxygen atoms in total. The summed E-state index contributed by atoms with van der Waals surface area (Å²) in [6, 6.07) is 0. The number of carbonyl (C=O) groups is 2. The summed E-state index contributed by atoms with van der Waals surface area (Å²) < 4.78 is 10.4. The molecule has 0 N–H and O–H groups in total. The number of esters is 2. The summed E-state index contributed by atoms with van der Waals surface area (Å²) in [5.74, 6) is -0.157. The Morgan fingerprint density at radius 3 is 1.56 bits per heavy atom. The Hall–Kier alpha value is -1.32. The van der Waals surface area contributed by atoms with Crippen LogP contribution < -0.4 is 0 Å². The molecule has 0 aromatic rings. The van der Waals surface area contributed by atoms with Gasteiger partial charge in [-0.1, -0.05) is 109 Å². The van der Waals surface area contributed by atoms with Gasteiger partial charge in [0.15, 0.2) is 0 Å². The highest BCUT2D eigenvalue weighted by Crippen LogP contribution is 2.11. The summed E-state index contributed by atoms with van der Waals surface area (Å²) in [6.45, 7) is 5.31. The fourth-order valence-electron chi connectivity index (χ4n) is 3.62. The molecule has 0 rings (SSSR count). The Labute approximate surface area is 198 Å². The van der Waals surface area contributed by atoms with E-state index in [0.717, 1.165) is 57.8 Å². The van der Waals surface area contributed by atoms with Gasteiger partial charge in [0.1, 0.15) is 6.61 Å². The van der Waals surface area contributed by atoms with Crippen molar-refractivity contribution in [2.45, 2.75) is 142 Å². The predicted molar refractivity (Wildman–Crippen MR) is 135 cm³/mol. The van der Waals surface area contributed by atoms with Crippen molar-refractivity contribution in [3.63, 3.8) is 0 Å². The van der Waals surface area contributed by atoms with E-state index in [9.17, 15) is 9.59 Å². The van der Waals surface area contributed by atoms with Crippen molar-refractivity contribution in [2.75, 3.05) is 13.2 Å². The van der Waals surface area contributed by atoms with Crippen molar-refractivity contribution in [3.05, 3.63) is 12.2 Å². The van der Waals surface area contributed by atoms with Crippen LogP contribution in [-0.2, 0) is 19.1 Å². The third-order valence-electron chi connectivity index (χ3n) is 5.75. The lowest BCUT2D eigenvalue weighted by Crippen LogP contribution is -2.05. The zero-order valence-electron chi connectivity index (χ0n) is 21.3. The number of allylic oxidation sites excluding steroid dienone is 1. The van der Waals surface area contributed by atoms with Gasteiger partial charge in [0.05, 0.1) is 6.61 Å². The van der Waals surface area contributed by atoms with Crippen LogP contribution in [-0.4, -0.2) is 25.2 Å². The van der Waals surface area contributed by atoms with Crippen LogP contribution in [0.25, 0.3) is 0 Å². The second-order valence-corrected chi connectivity index (χ2v) is 8.97. The van der Waals surface area contributed by atoms with E-state index in [1.54, 1.807) is 0 Å². The molecule has 0 aliphatic carbocycles. The van der Waals surface area contributed by atoms with Crippen LogP contribution in [0.4, 0.5) is 0 Å². The molecular weight excluding hydrogens is 400 g/mol. The molecule has 0 saturated carbocycles. The Morgan fingerprint density at radius 1 is 0.531 bits per heavy atom. The quantitative estimate of drug-likeness (QED) is 0.0837. The molecule has 0 aromatic heterocycles. The average Bonchev–Trinajstić information content (AvgIpc) is 2.79. The van der Waals surface area contributed by atoms with Crippen molar-refractivity contribution in [1.29, 1.82) is 0 Å². The van der Waals surface area contributed by atoms with Gasteiger partial charge in [-0.25, -0.2) is 0 Å². The zero-order valence-corrected chi connectivity index (χ0v) is 21.3. The van der Waals surface area contributed by atoms with Crippen LogP contribution >= 0.6 is 0 Å². The average molecular weight is 453 g/mol. The lowest BCUT2D eigenvalue weighted by Gasteiger charge is -2.04. The number of hydrogen-bond acceptors (Lipinski definition) is 4. The zero-order chi connectivity index (χ0) is 23.5. The number of hydrogen-bond donors (Lipinski definition) is 0. The van der Waals surface area contributed by atoms with Gasteiger partial charge in [-0.3, -0.25) is 9.59 Å². The number of unbranched alkanes of at least 4 members (excludes halogenated alkanes) is 15. The highest BCUT2D eigenvalue weighted by atomic mass is 16.5. The minimum absolute atomic E-state index is 0.0663. The van der Waals surface area contributed by atoms with Crippen LogP contribution in [0.15, 0.2) is 12.2 Å². The van der Waals surface area contributed by atoms with Gasteiger partial charge >= 0.3 is 11.9 Å². The standard InChI is InChI=1S/C28H52O4/c1-3-5-7-8-9-10-11-12-13-16-19-22-26-32-28(30)24-21-18-15-14-17-20-23-27(29)31-25-6-4-2/h19,22H,3-18,20-21,23-26H2,1-2H3/b22-19+. The van der Waals surface area contributed by atoms with Gasteiger partial charge in [0.2, 0.25) is 0 Å². The molecule has 0 atom stereocenters. The predicted octanol–water partition coefficient (Wildman–Crippen LogP) is 8.47. The molecule has 0 bridgehead atoms. The number of rotatable bonds is 24. The van der Waals surface area contributed by atoms with E-state index in [-0.39, 0.29) is 11.9 Å². The number of carbonyl (C=O) groups excluding carboxylic acids is 2. The van der Waals surface area contributed by atoms with Crippen molar-refractivity contribution < 1.29 is 19.1 Å². The van der Waals surface area contributed by atoms with Crippen molar-refractivity contribution in [2.24, 2.45) is 0 Å². The molecule has 0 aliphatic heterocycles. The largest absolute Gasteiger partial charge is 0.466 e. The molecular formula is C28H52O4. The van der Waals surface area contributed by atoms with Gasteiger partial charge < -0.3 is 9.47 Å². The van der Waals surface area contributed by atoms with E-state index in [1.807, 2.05) is 6.08 Å². The summed E-state index contributed by atoms with van der Waals surface area (Å²) in [5.41, 5.74) is 0. The van der Waals surface area contributed by atoms with Crippen LogP contribution in [0.3, 0.4) is 0 Å². The van der Waals surface area contributed by atoms with Gasteiger partial charge in [-0.2, -0.15) is 0 Å². The first-order valence-electron chi connectivity index (χ1n) is 13.7. The molecule has 0 saturated heterocycles. The Bertz CT molecular complexity index is 445. The lowest BCUT2D eigenvalue weighted by atomic mass is 10.1. The van der Waals surface area contributed by atoms with Gasteiger partial charge in [0.25, 0.3) is 0 Å². The highest BCUT2D eigenvalue weighted by molar-refractivity contribution is 5.69. The van der Waals surface area contributed by atoms with E-state index in [4.69, 9.17) is 9.47 Å². The first-order chi connectivity index (χ1) is 15.7. The fraction of sp³-hybridized carbons (Fsp3) is 0.857. The molecule has 0 radical (unpaired) electrons.